The Morgan fingerprint density at radius 3 is 2.61 bits per heavy atom. The Morgan fingerprint density at radius 2 is 1.96 bits per heavy atom. The number of benzene rings is 1. The van der Waals surface area contributed by atoms with E-state index in [9.17, 15) is 14.7 Å². The van der Waals surface area contributed by atoms with Crippen molar-refractivity contribution in [2.24, 2.45) is 5.92 Å². The molecule has 0 heterocycles. The van der Waals surface area contributed by atoms with Crippen LogP contribution in [0.5, 0.6) is 0 Å². The molecule has 1 aromatic carbocycles. The first-order valence-corrected chi connectivity index (χ1v) is 8.38. The highest BCUT2D eigenvalue weighted by Crippen LogP contribution is 2.27. The molecule has 0 saturated heterocycles. The van der Waals surface area contributed by atoms with Gasteiger partial charge in [-0.3, -0.25) is 9.59 Å². The molecule has 5 nitrogen and oxygen atoms in total. The molecule has 1 fully saturated rings. The maximum Gasteiger partial charge on any atom is 0.253 e. The van der Waals surface area contributed by atoms with Gasteiger partial charge < -0.3 is 15.7 Å². The zero-order chi connectivity index (χ0) is 16.8. The van der Waals surface area contributed by atoms with Crippen molar-refractivity contribution in [3.63, 3.8) is 0 Å². The van der Waals surface area contributed by atoms with Crippen molar-refractivity contribution in [1.29, 1.82) is 0 Å². The predicted octanol–water partition coefficient (Wildman–Crippen LogP) is 2.13. The van der Waals surface area contributed by atoms with Crippen LogP contribution < -0.4 is 10.6 Å². The van der Waals surface area contributed by atoms with Gasteiger partial charge in [0.1, 0.15) is 6.04 Å². The largest absolute Gasteiger partial charge is 0.391 e. The van der Waals surface area contributed by atoms with Crippen LogP contribution in [0.3, 0.4) is 0 Å². The molecule has 0 aliphatic heterocycles. The van der Waals surface area contributed by atoms with Crippen LogP contribution in [0.15, 0.2) is 24.3 Å². The number of aliphatic hydroxyl groups excluding tert-OH is 1. The minimum Gasteiger partial charge on any atom is -0.391 e. The number of amides is 2. The average Bonchev–Trinajstić information content (AvgIpc) is 3.07. The number of nitrogens with one attached hydrogen (secondary N) is 2. The van der Waals surface area contributed by atoms with Gasteiger partial charge in [0, 0.05) is 6.54 Å². The van der Waals surface area contributed by atoms with Crippen LogP contribution in [-0.4, -0.2) is 35.6 Å². The third-order valence-corrected chi connectivity index (χ3v) is 4.62. The normalized spacial score (nSPS) is 17.5. The molecule has 1 aliphatic rings. The van der Waals surface area contributed by atoms with Crippen LogP contribution in [0.2, 0.25) is 5.02 Å². The SMILES string of the molecule is CC(NC(=O)c1ccccc1Cl)C(=O)NCC(O)C1CCCC1. The van der Waals surface area contributed by atoms with Crippen LogP contribution in [0, 0.1) is 5.92 Å². The Morgan fingerprint density at radius 1 is 1.30 bits per heavy atom. The lowest BCUT2D eigenvalue weighted by Gasteiger charge is -2.20. The lowest BCUT2D eigenvalue weighted by atomic mass is 10.0. The first kappa shape index (κ1) is 17.8. The van der Waals surface area contributed by atoms with Crippen LogP contribution in [0.25, 0.3) is 0 Å². The maximum absolute atomic E-state index is 12.1. The molecule has 0 aromatic heterocycles. The molecule has 1 saturated carbocycles. The molecule has 6 heteroatoms. The van der Waals surface area contributed by atoms with Crippen molar-refractivity contribution >= 4 is 23.4 Å². The Kier molecular flexibility index (Phi) is 6.42. The molecule has 2 amide bonds. The van der Waals surface area contributed by atoms with Crippen molar-refractivity contribution < 1.29 is 14.7 Å². The summed E-state index contributed by atoms with van der Waals surface area (Å²) in [6.45, 7) is 1.82. The molecule has 3 N–H and O–H groups in total. The van der Waals surface area contributed by atoms with Crippen molar-refractivity contribution in [3.8, 4) is 0 Å². The fourth-order valence-electron chi connectivity index (χ4n) is 2.85. The summed E-state index contributed by atoms with van der Waals surface area (Å²) in [7, 11) is 0. The first-order chi connectivity index (χ1) is 11.0. The lowest BCUT2D eigenvalue weighted by Crippen LogP contribution is -2.47. The van der Waals surface area contributed by atoms with E-state index in [0.717, 1.165) is 25.7 Å². The van der Waals surface area contributed by atoms with Crippen LogP contribution >= 0.6 is 11.6 Å². The van der Waals surface area contributed by atoms with Gasteiger partial charge in [-0.15, -0.1) is 0 Å². The predicted molar refractivity (Wildman–Crippen MR) is 89.4 cm³/mol. The highest BCUT2D eigenvalue weighted by atomic mass is 35.5. The van der Waals surface area contributed by atoms with Crippen molar-refractivity contribution in [2.75, 3.05) is 6.54 Å². The van der Waals surface area contributed by atoms with E-state index >= 15 is 0 Å². The molecule has 0 spiro atoms. The fraction of sp³-hybridized carbons (Fsp3) is 0.529. The van der Waals surface area contributed by atoms with Crippen LogP contribution in [0.4, 0.5) is 0 Å². The quantitative estimate of drug-likeness (QED) is 0.743. The van der Waals surface area contributed by atoms with Gasteiger partial charge in [-0.1, -0.05) is 36.6 Å². The Hall–Kier alpha value is -1.59. The van der Waals surface area contributed by atoms with Gasteiger partial charge >= 0.3 is 0 Å². The van der Waals surface area contributed by atoms with Gasteiger partial charge in [0.25, 0.3) is 5.91 Å². The third-order valence-electron chi connectivity index (χ3n) is 4.29. The number of hydrogen-bond donors (Lipinski definition) is 3. The standard InChI is InChI=1S/C17H23ClN2O3/c1-11(20-17(23)13-8-4-5-9-14(13)18)16(22)19-10-15(21)12-6-2-3-7-12/h4-5,8-9,11-12,15,21H,2-3,6-7,10H2,1H3,(H,19,22)(H,20,23). The molecule has 1 aromatic rings. The van der Waals surface area contributed by atoms with Crippen LogP contribution in [-0.2, 0) is 4.79 Å². The van der Waals surface area contributed by atoms with Gasteiger partial charge in [-0.05, 0) is 37.8 Å². The number of rotatable bonds is 6. The highest BCUT2D eigenvalue weighted by Gasteiger charge is 2.24. The van der Waals surface area contributed by atoms with Gasteiger partial charge in [-0.2, -0.15) is 0 Å². The monoisotopic (exact) mass is 338 g/mol. The number of halogens is 1. The summed E-state index contributed by atoms with van der Waals surface area (Å²) in [6, 6.07) is 5.98. The summed E-state index contributed by atoms with van der Waals surface area (Å²) in [5.74, 6) is -0.444. The van der Waals surface area contributed by atoms with E-state index < -0.39 is 18.1 Å². The molecule has 1 aliphatic carbocycles. The number of carbonyl (C=O) groups is 2. The summed E-state index contributed by atoms with van der Waals surface area (Å²) in [6.07, 6.45) is 3.78. The molecular formula is C17H23ClN2O3. The van der Waals surface area contributed by atoms with E-state index in [1.165, 1.54) is 0 Å². The molecule has 2 rings (SSSR count). The summed E-state index contributed by atoms with van der Waals surface area (Å²) < 4.78 is 0. The molecule has 23 heavy (non-hydrogen) atoms. The summed E-state index contributed by atoms with van der Waals surface area (Å²) in [5.41, 5.74) is 0.333. The fourth-order valence-corrected chi connectivity index (χ4v) is 3.07. The van der Waals surface area contributed by atoms with Gasteiger partial charge in [0.15, 0.2) is 0 Å². The summed E-state index contributed by atoms with van der Waals surface area (Å²) in [4.78, 5) is 24.1. The lowest BCUT2D eigenvalue weighted by molar-refractivity contribution is -0.123. The van der Waals surface area contributed by atoms with E-state index in [-0.39, 0.29) is 18.4 Å². The molecule has 126 valence electrons. The molecule has 0 bridgehead atoms. The van der Waals surface area contributed by atoms with E-state index in [0.29, 0.717) is 10.6 Å². The Bertz CT molecular complexity index is 559. The van der Waals surface area contributed by atoms with Gasteiger partial charge in [0.2, 0.25) is 5.91 Å². The number of aliphatic hydroxyl groups is 1. The smallest absolute Gasteiger partial charge is 0.253 e. The molecule has 2 atom stereocenters. The third kappa shape index (κ3) is 4.94. The van der Waals surface area contributed by atoms with E-state index in [1.54, 1.807) is 31.2 Å². The Labute approximate surface area is 141 Å². The minimum absolute atomic E-state index is 0.218. The summed E-state index contributed by atoms with van der Waals surface area (Å²) in [5, 5.41) is 15.7. The molecule has 2 unspecified atom stereocenters. The van der Waals surface area contributed by atoms with Crippen LogP contribution in [0.1, 0.15) is 43.0 Å². The van der Waals surface area contributed by atoms with Crippen molar-refractivity contribution in [3.05, 3.63) is 34.9 Å². The second-order valence-electron chi connectivity index (χ2n) is 6.03. The van der Waals surface area contributed by atoms with E-state index in [1.807, 2.05) is 0 Å². The Balaban J connectivity index is 1.80. The summed E-state index contributed by atoms with van der Waals surface area (Å²) >= 11 is 5.96. The second-order valence-corrected chi connectivity index (χ2v) is 6.44. The van der Waals surface area contributed by atoms with Gasteiger partial charge in [0.05, 0.1) is 16.7 Å². The average molecular weight is 339 g/mol. The number of carbonyl (C=O) groups excluding carboxylic acids is 2. The first-order valence-electron chi connectivity index (χ1n) is 8.00. The number of hydrogen-bond acceptors (Lipinski definition) is 3. The molecular weight excluding hydrogens is 316 g/mol. The van der Waals surface area contributed by atoms with Gasteiger partial charge in [-0.25, -0.2) is 0 Å². The minimum atomic E-state index is -0.699. The second kappa shape index (κ2) is 8.31. The maximum atomic E-state index is 12.1. The zero-order valence-electron chi connectivity index (χ0n) is 13.2. The van der Waals surface area contributed by atoms with Crippen molar-refractivity contribution in [2.45, 2.75) is 44.8 Å². The van der Waals surface area contributed by atoms with E-state index in [2.05, 4.69) is 10.6 Å². The van der Waals surface area contributed by atoms with E-state index in [4.69, 9.17) is 11.6 Å². The van der Waals surface area contributed by atoms with Crippen molar-refractivity contribution in [1.82, 2.24) is 10.6 Å². The topological polar surface area (TPSA) is 78.4 Å². The molecule has 0 radical (unpaired) electrons. The highest BCUT2D eigenvalue weighted by molar-refractivity contribution is 6.33. The zero-order valence-corrected chi connectivity index (χ0v) is 14.0.